The van der Waals surface area contributed by atoms with E-state index in [4.69, 9.17) is 0 Å². The number of nitrogens with one attached hydrogen (secondary N) is 1. The molecule has 0 radical (unpaired) electrons. The van der Waals surface area contributed by atoms with Crippen molar-refractivity contribution >= 4 is 5.91 Å². The third-order valence-electron chi connectivity index (χ3n) is 9.93. The largest absolute Gasteiger partial charge is 0.394 e. The highest BCUT2D eigenvalue weighted by atomic mass is 16.3. The van der Waals surface area contributed by atoms with Gasteiger partial charge in [0.1, 0.15) is 0 Å². The molecule has 0 aromatic heterocycles. The van der Waals surface area contributed by atoms with Gasteiger partial charge < -0.3 is 15.5 Å². The van der Waals surface area contributed by atoms with E-state index in [2.05, 4.69) is 129 Å². The summed E-state index contributed by atoms with van der Waals surface area (Å²) in [6, 6.07) is -0.647. The smallest absolute Gasteiger partial charge is 0.220 e. The van der Waals surface area contributed by atoms with Crippen LogP contribution in [0.2, 0.25) is 0 Å². The minimum absolute atomic E-state index is 0.0866. The van der Waals surface area contributed by atoms with E-state index in [1.165, 1.54) is 83.5 Å². The van der Waals surface area contributed by atoms with Gasteiger partial charge in [0, 0.05) is 6.42 Å². The van der Waals surface area contributed by atoms with Crippen LogP contribution in [0.15, 0.2) is 122 Å². The molecule has 0 bridgehead atoms. The maximum absolute atomic E-state index is 12.4. The van der Waals surface area contributed by atoms with Crippen LogP contribution in [-0.4, -0.2) is 34.9 Å². The average molecular weight is 800 g/mol. The second kappa shape index (κ2) is 48.2. The maximum Gasteiger partial charge on any atom is 0.220 e. The Balaban J connectivity index is 3.63. The lowest BCUT2D eigenvalue weighted by Gasteiger charge is -2.19. The van der Waals surface area contributed by atoms with E-state index < -0.39 is 12.1 Å². The monoisotopic (exact) mass is 800 g/mol. The number of rotatable bonds is 41. The third kappa shape index (κ3) is 43.9. The van der Waals surface area contributed by atoms with Gasteiger partial charge in [-0.3, -0.25) is 4.79 Å². The zero-order valence-electron chi connectivity index (χ0n) is 37.5. The van der Waals surface area contributed by atoms with Gasteiger partial charge in [-0.05, 0) is 96.3 Å². The van der Waals surface area contributed by atoms with Crippen LogP contribution in [0, 0.1) is 0 Å². The number of aliphatic hydroxyl groups excluding tert-OH is 2. The molecule has 0 rings (SSSR count). The minimum Gasteiger partial charge on any atom is -0.394 e. The van der Waals surface area contributed by atoms with Crippen LogP contribution in [0.4, 0.5) is 0 Å². The van der Waals surface area contributed by atoms with Gasteiger partial charge in [-0.15, -0.1) is 0 Å². The Bertz CT molecular complexity index is 1180. The van der Waals surface area contributed by atoms with Crippen LogP contribution < -0.4 is 5.32 Å². The number of aliphatic hydroxyl groups is 2. The zero-order chi connectivity index (χ0) is 42.1. The quantitative estimate of drug-likeness (QED) is 0.0426. The van der Waals surface area contributed by atoms with E-state index in [0.29, 0.717) is 6.42 Å². The van der Waals surface area contributed by atoms with Gasteiger partial charge in [0.2, 0.25) is 5.91 Å². The van der Waals surface area contributed by atoms with Gasteiger partial charge in [-0.1, -0.05) is 212 Å². The fourth-order valence-corrected chi connectivity index (χ4v) is 6.33. The molecule has 0 saturated heterocycles. The summed E-state index contributed by atoms with van der Waals surface area (Å²) in [5, 5.41) is 22.9. The Morgan fingerprint density at radius 3 is 1.21 bits per heavy atom. The van der Waals surface area contributed by atoms with Crippen molar-refractivity contribution in [3.05, 3.63) is 122 Å². The average Bonchev–Trinajstić information content (AvgIpc) is 3.23. The van der Waals surface area contributed by atoms with Crippen LogP contribution in [-0.2, 0) is 4.79 Å². The zero-order valence-corrected chi connectivity index (χ0v) is 37.5. The molecule has 0 aliphatic heterocycles. The van der Waals surface area contributed by atoms with E-state index in [0.717, 1.165) is 89.9 Å². The first-order valence-corrected chi connectivity index (χ1v) is 23.7. The molecule has 0 heterocycles. The van der Waals surface area contributed by atoms with Gasteiger partial charge in [-0.25, -0.2) is 0 Å². The van der Waals surface area contributed by atoms with Crippen LogP contribution in [0.25, 0.3) is 0 Å². The lowest BCUT2D eigenvalue weighted by atomic mass is 10.0. The van der Waals surface area contributed by atoms with Crippen molar-refractivity contribution in [1.82, 2.24) is 5.32 Å². The Morgan fingerprint density at radius 1 is 0.431 bits per heavy atom. The molecule has 1 amide bonds. The number of carbonyl (C=O) groups is 1. The number of amides is 1. The highest BCUT2D eigenvalue weighted by molar-refractivity contribution is 5.76. The van der Waals surface area contributed by atoms with Crippen molar-refractivity contribution in [2.24, 2.45) is 0 Å². The summed E-state index contributed by atoms with van der Waals surface area (Å²) in [4.78, 5) is 12.4. The predicted octanol–water partition coefficient (Wildman–Crippen LogP) is 15.3. The Labute approximate surface area is 358 Å². The van der Waals surface area contributed by atoms with Gasteiger partial charge in [0.25, 0.3) is 0 Å². The Hall–Kier alpha value is -3.21. The summed E-state index contributed by atoms with van der Waals surface area (Å²) < 4.78 is 0. The number of allylic oxidation sites excluding steroid dienone is 19. The SMILES string of the molecule is CC/C=C\C/C=C\C/C=C\C/C=C\C/C=C\C/C=C\C/C=C\C/C=C\CCCCCCCCCCCCC(=O)NC(CO)C(O)/C=C/CC/C=C/CCCCCCC. The molecule has 0 aromatic rings. The van der Waals surface area contributed by atoms with Crippen molar-refractivity contribution in [2.45, 2.75) is 206 Å². The summed E-state index contributed by atoms with van der Waals surface area (Å²) >= 11 is 0. The summed E-state index contributed by atoms with van der Waals surface area (Å²) in [5.41, 5.74) is 0. The summed E-state index contributed by atoms with van der Waals surface area (Å²) in [6.07, 6.45) is 74.6. The van der Waals surface area contributed by atoms with E-state index in [-0.39, 0.29) is 12.5 Å². The third-order valence-corrected chi connectivity index (χ3v) is 9.93. The topological polar surface area (TPSA) is 69.6 Å². The molecule has 0 aliphatic rings. The van der Waals surface area contributed by atoms with Gasteiger partial charge in [-0.2, -0.15) is 0 Å². The number of hydrogen-bond donors (Lipinski definition) is 3. The van der Waals surface area contributed by atoms with Gasteiger partial charge >= 0.3 is 0 Å². The van der Waals surface area contributed by atoms with E-state index in [1.54, 1.807) is 6.08 Å². The first-order valence-electron chi connectivity index (χ1n) is 23.7. The van der Waals surface area contributed by atoms with Crippen molar-refractivity contribution in [2.75, 3.05) is 6.61 Å². The van der Waals surface area contributed by atoms with Crippen molar-refractivity contribution in [3.8, 4) is 0 Å². The fourth-order valence-electron chi connectivity index (χ4n) is 6.33. The minimum atomic E-state index is -0.869. The van der Waals surface area contributed by atoms with E-state index in [1.807, 2.05) is 6.08 Å². The van der Waals surface area contributed by atoms with Crippen LogP contribution in [0.1, 0.15) is 194 Å². The van der Waals surface area contributed by atoms with Gasteiger partial charge in [0.05, 0.1) is 18.8 Å². The summed E-state index contributed by atoms with van der Waals surface area (Å²) in [5.74, 6) is -0.0866. The number of carbonyl (C=O) groups excluding carboxylic acids is 1. The summed E-state index contributed by atoms with van der Waals surface area (Å²) in [6.45, 7) is 4.14. The maximum atomic E-state index is 12.4. The highest BCUT2D eigenvalue weighted by Gasteiger charge is 2.17. The molecule has 58 heavy (non-hydrogen) atoms. The molecule has 4 heteroatoms. The molecule has 2 unspecified atom stereocenters. The van der Waals surface area contributed by atoms with E-state index >= 15 is 0 Å². The Morgan fingerprint density at radius 2 is 0.776 bits per heavy atom. The molecule has 328 valence electrons. The van der Waals surface area contributed by atoms with Crippen molar-refractivity contribution < 1.29 is 15.0 Å². The molecule has 0 aliphatic carbocycles. The molecule has 0 spiro atoms. The molecule has 3 N–H and O–H groups in total. The second-order valence-electron chi connectivity index (χ2n) is 15.4. The standard InChI is InChI=1S/C54H89NO3/c1-3-5-7-9-11-13-15-16-17-18-19-20-21-22-23-24-25-26-27-28-29-30-31-32-33-34-35-36-37-38-40-42-44-46-48-50-54(58)55-52(51-56)53(57)49-47-45-43-41-39-14-12-10-8-6-4-2/h5,7,11,13,16-17,19-20,22-23,25-26,28-29,31-32,39,41,47,49,52-53,56-57H,3-4,6,8-10,12,14-15,18,21,24,27,30,33-38,40,42-46,48,50-51H2,1-2H3,(H,55,58)/b7-5-,13-11-,17-16-,20-19-,23-22-,26-25-,29-28-,32-31-,41-39+,49-47+. The first kappa shape index (κ1) is 54.8. The molecular weight excluding hydrogens is 711 g/mol. The lowest BCUT2D eigenvalue weighted by molar-refractivity contribution is -0.123. The number of unbranched alkanes of at least 4 members (excludes halogenated alkanes) is 16. The molecule has 4 nitrogen and oxygen atoms in total. The van der Waals surface area contributed by atoms with Crippen molar-refractivity contribution in [3.63, 3.8) is 0 Å². The highest BCUT2D eigenvalue weighted by Crippen LogP contribution is 2.13. The van der Waals surface area contributed by atoms with E-state index in [9.17, 15) is 15.0 Å². The second-order valence-corrected chi connectivity index (χ2v) is 15.4. The normalized spacial score (nSPS) is 14.1. The molecule has 0 aromatic carbocycles. The van der Waals surface area contributed by atoms with Crippen molar-refractivity contribution in [1.29, 1.82) is 0 Å². The van der Waals surface area contributed by atoms with Crippen LogP contribution >= 0.6 is 0 Å². The molecule has 0 fully saturated rings. The molecule has 2 atom stereocenters. The summed E-state index contributed by atoms with van der Waals surface area (Å²) in [7, 11) is 0. The van der Waals surface area contributed by atoms with Crippen LogP contribution in [0.5, 0.6) is 0 Å². The molecular formula is C54H89NO3. The number of hydrogen-bond acceptors (Lipinski definition) is 3. The first-order chi connectivity index (χ1) is 28.7. The Kier molecular flexibility index (Phi) is 45.5. The fraction of sp³-hybridized carbons (Fsp3) is 0.611. The van der Waals surface area contributed by atoms with Crippen LogP contribution in [0.3, 0.4) is 0 Å². The predicted molar refractivity (Wildman–Crippen MR) is 257 cm³/mol. The molecule has 0 saturated carbocycles. The lowest BCUT2D eigenvalue weighted by Crippen LogP contribution is -2.45. The van der Waals surface area contributed by atoms with Gasteiger partial charge in [0.15, 0.2) is 0 Å².